The highest BCUT2D eigenvalue weighted by Gasteiger charge is 2.41. The first-order valence-corrected chi connectivity index (χ1v) is 13.1. The molecule has 1 unspecified atom stereocenters. The molecule has 0 spiro atoms. The monoisotopic (exact) mass is 493 g/mol. The summed E-state index contributed by atoms with van der Waals surface area (Å²) >= 11 is 0. The molecule has 1 atom stereocenters. The van der Waals surface area contributed by atoms with Gasteiger partial charge in [0.2, 0.25) is 5.82 Å². The van der Waals surface area contributed by atoms with E-state index in [1.165, 1.54) is 22.3 Å². The van der Waals surface area contributed by atoms with Gasteiger partial charge in [0.15, 0.2) is 0 Å². The fourth-order valence-electron chi connectivity index (χ4n) is 6.07. The Bertz CT molecular complexity index is 1440. The van der Waals surface area contributed by atoms with Crippen molar-refractivity contribution in [3.8, 4) is 34.0 Å². The van der Waals surface area contributed by atoms with Crippen LogP contribution in [-0.4, -0.2) is 38.7 Å². The molecule has 0 saturated heterocycles. The van der Waals surface area contributed by atoms with Gasteiger partial charge in [-0.25, -0.2) is 0 Å². The highest BCUT2D eigenvalue weighted by atomic mass is 16.5. The lowest BCUT2D eigenvalue weighted by atomic mass is 9.78. The molecule has 1 fully saturated rings. The van der Waals surface area contributed by atoms with Crippen LogP contribution in [0.4, 0.5) is 0 Å². The third-order valence-corrected chi connectivity index (χ3v) is 8.13. The summed E-state index contributed by atoms with van der Waals surface area (Å²) in [5.74, 6) is 0.270. The second-order valence-electron chi connectivity index (χ2n) is 10.3. The number of aromatic nitrogens is 2. The van der Waals surface area contributed by atoms with Gasteiger partial charge in [-0.3, -0.25) is 9.69 Å². The predicted molar refractivity (Wildman–Crippen MR) is 143 cm³/mol. The number of carboxylic acids is 1. The number of rotatable bonds is 7. The quantitative estimate of drug-likeness (QED) is 0.314. The topological polar surface area (TPSA) is 79.5 Å². The van der Waals surface area contributed by atoms with Gasteiger partial charge in [0.25, 0.3) is 5.89 Å². The molecule has 2 aliphatic rings. The van der Waals surface area contributed by atoms with Crippen LogP contribution in [0.15, 0.2) is 71.3 Å². The molecule has 188 valence electrons. The van der Waals surface area contributed by atoms with Crippen LogP contribution >= 0.6 is 0 Å². The summed E-state index contributed by atoms with van der Waals surface area (Å²) in [5.41, 5.74) is 8.09. The molecule has 6 nitrogen and oxygen atoms in total. The lowest BCUT2D eigenvalue weighted by molar-refractivity contribution is -0.147. The van der Waals surface area contributed by atoms with Gasteiger partial charge in [-0.2, -0.15) is 4.98 Å². The fourth-order valence-corrected chi connectivity index (χ4v) is 6.07. The minimum absolute atomic E-state index is 0.187. The van der Waals surface area contributed by atoms with Gasteiger partial charge >= 0.3 is 5.97 Å². The summed E-state index contributed by atoms with van der Waals surface area (Å²) in [7, 11) is 0. The third kappa shape index (κ3) is 4.36. The third-order valence-electron chi connectivity index (χ3n) is 8.13. The molecule has 6 heteroatoms. The van der Waals surface area contributed by atoms with Crippen LogP contribution in [0.25, 0.3) is 34.0 Å². The first-order valence-electron chi connectivity index (χ1n) is 13.1. The average molecular weight is 494 g/mol. The number of hydrogen-bond donors (Lipinski definition) is 1. The van der Waals surface area contributed by atoms with Crippen molar-refractivity contribution in [2.45, 2.75) is 51.6 Å². The van der Waals surface area contributed by atoms with Gasteiger partial charge in [-0.05, 0) is 85.2 Å². The molecule has 4 aromatic rings. The molecule has 0 aliphatic heterocycles. The summed E-state index contributed by atoms with van der Waals surface area (Å²) in [4.78, 5) is 18.5. The summed E-state index contributed by atoms with van der Waals surface area (Å²) < 4.78 is 5.67. The Balaban J connectivity index is 1.21. The molecule has 1 N–H and O–H groups in total. The van der Waals surface area contributed by atoms with Crippen LogP contribution < -0.4 is 0 Å². The van der Waals surface area contributed by atoms with Crippen molar-refractivity contribution < 1.29 is 14.4 Å². The fraction of sp³-hybridized carbons (Fsp3) is 0.323. The van der Waals surface area contributed by atoms with E-state index in [9.17, 15) is 9.90 Å². The van der Waals surface area contributed by atoms with E-state index >= 15 is 0 Å². The Kier molecular flexibility index (Phi) is 6.13. The van der Waals surface area contributed by atoms with Crippen molar-refractivity contribution in [1.82, 2.24) is 15.0 Å². The number of hydrogen-bond acceptors (Lipinski definition) is 5. The van der Waals surface area contributed by atoms with Gasteiger partial charge in [-0.15, -0.1) is 0 Å². The zero-order chi connectivity index (χ0) is 25.5. The summed E-state index contributed by atoms with van der Waals surface area (Å²) in [6, 6.07) is 23.8. The first kappa shape index (κ1) is 23.6. The smallest absolute Gasteiger partial charge is 0.306 e. The lowest BCUT2D eigenvalue weighted by Gasteiger charge is -2.44. The van der Waals surface area contributed by atoms with Crippen molar-refractivity contribution in [3.05, 3.63) is 83.4 Å². The van der Waals surface area contributed by atoms with Gasteiger partial charge in [0.05, 0.1) is 5.92 Å². The van der Waals surface area contributed by atoms with Gasteiger partial charge < -0.3 is 9.63 Å². The van der Waals surface area contributed by atoms with E-state index in [4.69, 9.17) is 9.51 Å². The average Bonchev–Trinajstić information content (AvgIpc) is 3.53. The number of fused-ring (bicyclic) bond motifs is 1. The van der Waals surface area contributed by atoms with Crippen LogP contribution in [0.1, 0.15) is 48.9 Å². The number of carbonyl (C=O) groups is 1. The standard InChI is InChI=1S/C31H31N3O3/c1-3-34(25-17-24(18-25)31(35)36)28-14-11-21-16-22(9-13-27(21)28)29-32-30(37-33-29)23-10-12-26(19(2)15-23)20-7-5-4-6-8-20/h4-10,12-13,15-16,24-25,28H,3,11,14,17-18H2,1-2H3,(H,35,36)/t24-,25-,28?. The summed E-state index contributed by atoms with van der Waals surface area (Å²) in [5, 5.41) is 13.6. The molecule has 0 bridgehead atoms. The molecule has 1 saturated carbocycles. The molecule has 0 amide bonds. The largest absolute Gasteiger partial charge is 0.481 e. The van der Waals surface area contributed by atoms with Crippen molar-refractivity contribution in [2.75, 3.05) is 6.54 Å². The van der Waals surface area contributed by atoms with Crippen molar-refractivity contribution in [1.29, 1.82) is 0 Å². The summed E-state index contributed by atoms with van der Waals surface area (Å²) in [6.07, 6.45) is 3.57. The van der Waals surface area contributed by atoms with Crippen molar-refractivity contribution >= 4 is 5.97 Å². The van der Waals surface area contributed by atoms with E-state index in [-0.39, 0.29) is 5.92 Å². The Labute approximate surface area is 217 Å². The lowest BCUT2D eigenvalue weighted by Crippen LogP contribution is -2.48. The summed E-state index contributed by atoms with van der Waals surface area (Å²) in [6.45, 7) is 5.21. The van der Waals surface area contributed by atoms with Crippen molar-refractivity contribution in [2.24, 2.45) is 5.92 Å². The van der Waals surface area contributed by atoms with E-state index in [0.29, 0.717) is 23.8 Å². The van der Waals surface area contributed by atoms with Crippen LogP contribution in [0.3, 0.4) is 0 Å². The minimum Gasteiger partial charge on any atom is -0.481 e. The predicted octanol–water partition coefficient (Wildman–Crippen LogP) is 6.55. The van der Waals surface area contributed by atoms with Crippen LogP contribution in [-0.2, 0) is 11.2 Å². The van der Waals surface area contributed by atoms with E-state index in [2.05, 4.69) is 66.4 Å². The van der Waals surface area contributed by atoms with Crippen LogP contribution in [0.2, 0.25) is 0 Å². The normalized spacial score (nSPS) is 20.6. The van der Waals surface area contributed by atoms with Crippen molar-refractivity contribution in [3.63, 3.8) is 0 Å². The van der Waals surface area contributed by atoms with Crippen LogP contribution in [0, 0.1) is 12.8 Å². The second-order valence-corrected chi connectivity index (χ2v) is 10.3. The van der Waals surface area contributed by atoms with Crippen LogP contribution in [0.5, 0.6) is 0 Å². The molecular weight excluding hydrogens is 462 g/mol. The maximum absolute atomic E-state index is 11.3. The molecule has 6 rings (SSSR count). The molecule has 1 aromatic heterocycles. The highest BCUT2D eigenvalue weighted by molar-refractivity contribution is 5.72. The van der Waals surface area contributed by atoms with E-state index in [1.54, 1.807) is 0 Å². The van der Waals surface area contributed by atoms with E-state index in [1.807, 2.05) is 24.3 Å². The minimum atomic E-state index is -0.662. The number of aryl methyl sites for hydroxylation is 2. The maximum atomic E-state index is 11.3. The Morgan fingerprint density at radius 2 is 1.81 bits per heavy atom. The SMILES string of the molecule is CCN(C1CCc2cc(-c3noc(-c4ccc(-c5ccccc5)c(C)c4)n3)ccc21)[C@H]1C[C@H](C(=O)O)C1. The number of benzene rings is 3. The molecule has 2 aliphatic carbocycles. The molecule has 37 heavy (non-hydrogen) atoms. The Morgan fingerprint density at radius 3 is 2.54 bits per heavy atom. The zero-order valence-corrected chi connectivity index (χ0v) is 21.2. The van der Waals surface area contributed by atoms with Gasteiger partial charge in [-0.1, -0.05) is 60.6 Å². The van der Waals surface area contributed by atoms with Gasteiger partial charge in [0, 0.05) is 23.2 Å². The number of carboxylic acid groups (broad SMARTS) is 1. The number of nitrogens with zero attached hydrogens (tertiary/aromatic N) is 3. The van der Waals surface area contributed by atoms with E-state index in [0.717, 1.165) is 48.9 Å². The van der Waals surface area contributed by atoms with Gasteiger partial charge in [0.1, 0.15) is 0 Å². The molecule has 1 heterocycles. The Morgan fingerprint density at radius 1 is 1.03 bits per heavy atom. The second kappa shape index (κ2) is 9.60. The maximum Gasteiger partial charge on any atom is 0.306 e. The molecule has 3 aromatic carbocycles. The number of aliphatic carboxylic acids is 1. The Hall–Kier alpha value is -3.77. The first-order chi connectivity index (χ1) is 18.0. The molecular formula is C31H31N3O3. The highest BCUT2D eigenvalue weighted by Crippen LogP contribution is 2.43. The van der Waals surface area contributed by atoms with E-state index < -0.39 is 5.97 Å². The zero-order valence-electron chi connectivity index (χ0n) is 21.2. The molecule has 0 radical (unpaired) electrons.